The molecular formula is C11H20F3NO2. The molecule has 0 aromatic rings. The van der Waals surface area contributed by atoms with Crippen LogP contribution in [-0.4, -0.2) is 24.8 Å². The molecule has 0 radical (unpaired) electrons. The smallest absolute Gasteiger partial charge is 0.459 e. The van der Waals surface area contributed by atoms with Gasteiger partial charge >= 0.3 is 12.1 Å². The predicted octanol–water partition coefficient (Wildman–Crippen LogP) is 2.78. The van der Waals surface area contributed by atoms with Gasteiger partial charge in [-0.1, -0.05) is 32.6 Å². The van der Waals surface area contributed by atoms with Gasteiger partial charge in [0.25, 0.3) is 0 Å². The number of carbonyl (C=O) groups excluding carboxylic acids is 1. The number of carbonyl (C=O) groups is 1. The number of hydrogen-bond donors (Lipinski definition) is 1. The molecule has 0 aromatic heterocycles. The molecule has 6 heteroatoms. The summed E-state index contributed by atoms with van der Waals surface area (Å²) in [6, 6.07) is -0.201. The number of hydrogen-bond acceptors (Lipinski definition) is 3. The number of unbranched alkanes of at least 4 members (excludes halogenated alkanes) is 3. The zero-order chi connectivity index (χ0) is 13.3. The highest BCUT2D eigenvalue weighted by Crippen LogP contribution is 2.16. The van der Waals surface area contributed by atoms with E-state index < -0.39 is 12.1 Å². The minimum absolute atomic E-state index is 0.201. The van der Waals surface area contributed by atoms with E-state index in [0.717, 1.165) is 32.1 Å². The van der Waals surface area contributed by atoms with Crippen LogP contribution >= 0.6 is 0 Å². The summed E-state index contributed by atoms with van der Waals surface area (Å²) < 4.78 is 39.3. The van der Waals surface area contributed by atoms with Crippen LogP contribution in [-0.2, 0) is 9.53 Å². The van der Waals surface area contributed by atoms with Crippen LogP contribution in [0, 0.1) is 0 Å². The van der Waals surface area contributed by atoms with E-state index in [1.54, 1.807) is 0 Å². The van der Waals surface area contributed by atoms with Crippen molar-refractivity contribution in [3.8, 4) is 0 Å². The van der Waals surface area contributed by atoms with Gasteiger partial charge in [-0.05, 0) is 12.8 Å². The summed E-state index contributed by atoms with van der Waals surface area (Å²) in [5, 5.41) is 0. The molecule has 1 unspecified atom stereocenters. The first-order valence-electron chi connectivity index (χ1n) is 5.87. The zero-order valence-electron chi connectivity index (χ0n) is 10.1. The van der Waals surface area contributed by atoms with Gasteiger partial charge in [-0.15, -0.1) is 0 Å². The Balaban J connectivity index is 3.51. The fourth-order valence-electron chi connectivity index (χ4n) is 1.36. The van der Waals surface area contributed by atoms with Crippen molar-refractivity contribution in [3.05, 3.63) is 0 Å². The number of alkyl halides is 3. The third-order valence-corrected chi connectivity index (χ3v) is 2.38. The van der Waals surface area contributed by atoms with Crippen molar-refractivity contribution in [2.24, 2.45) is 5.73 Å². The molecule has 1 atom stereocenters. The zero-order valence-corrected chi connectivity index (χ0v) is 10.1. The summed E-state index contributed by atoms with van der Waals surface area (Å²) in [5.41, 5.74) is 5.68. The third kappa shape index (κ3) is 8.97. The molecule has 0 fully saturated rings. The van der Waals surface area contributed by atoms with Gasteiger partial charge in [0.15, 0.2) is 0 Å². The molecule has 17 heavy (non-hydrogen) atoms. The van der Waals surface area contributed by atoms with Crippen molar-refractivity contribution in [2.75, 3.05) is 6.61 Å². The number of halogens is 3. The maximum Gasteiger partial charge on any atom is 0.490 e. The average molecular weight is 255 g/mol. The number of nitrogens with two attached hydrogens (primary N) is 1. The van der Waals surface area contributed by atoms with Crippen LogP contribution in [0.4, 0.5) is 13.2 Å². The molecule has 0 aliphatic rings. The lowest BCUT2D eigenvalue weighted by Gasteiger charge is -2.12. The SMILES string of the molecule is CCCCCCC(N)CCOC(=O)C(F)(F)F. The van der Waals surface area contributed by atoms with E-state index in [2.05, 4.69) is 11.7 Å². The Morgan fingerprint density at radius 3 is 2.41 bits per heavy atom. The van der Waals surface area contributed by atoms with Crippen molar-refractivity contribution in [1.29, 1.82) is 0 Å². The Morgan fingerprint density at radius 2 is 1.88 bits per heavy atom. The molecule has 0 aliphatic heterocycles. The Bertz CT molecular complexity index is 219. The van der Waals surface area contributed by atoms with E-state index in [1.807, 2.05) is 0 Å². The standard InChI is InChI=1S/C11H20F3NO2/c1-2-3-4-5-6-9(15)7-8-17-10(16)11(12,13)14/h9H,2-8,15H2,1H3. The van der Waals surface area contributed by atoms with Gasteiger partial charge < -0.3 is 10.5 Å². The molecule has 0 heterocycles. The van der Waals surface area contributed by atoms with Gasteiger partial charge in [0.05, 0.1) is 6.61 Å². The highest BCUT2D eigenvalue weighted by molar-refractivity contribution is 5.75. The van der Waals surface area contributed by atoms with E-state index >= 15 is 0 Å². The van der Waals surface area contributed by atoms with Crippen LogP contribution in [0.15, 0.2) is 0 Å². The minimum atomic E-state index is -4.91. The van der Waals surface area contributed by atoms with E-state index in [-0.39, 0.29) is 19.1 Å². The summed E-state index contributed by atoms with van der Waals surface area (Å²) in [6.07, 6.45) is 0.408. The summed E-state index contributed by atoms with van der Waals surface area (Å²) in [7, 11) is 0. The summed E-state index contributed by atoms with van der Waals surface area (Å²) in [6.45, 7) is 1.82. The molecular weight excluding hydrogens is 235 g/mol. The molecule has 0 amide bonds. The molecule has 0 rings (SSSR count). The Morgan fingerprint density at radius 1 is 1.24 bits per heavy atom. The monoisotopic (exact) mass is 255 g/mol. The van der Waals surface area contributed by atoms with Gasteiger partial charge in [-0.3, -0.25) is 0 Å². The lowest BCUT2D eigenvalue weighted by Crippen LogP contribution is -2.28. The third-order valence-electron chi connectivity index (χ3n) is 2.38. The molecule has 102 valence electrons. The summed E-state index contributed by atoms with van der Waals surface area (Å²) in [4.78, 5) is 10.4. The van der Waals surface area contributed by atoms with Crippen LogP contribution in [0.1, 0.15) is 45.4 Å². The summed E-state index contributed by atoms with van der Waals surface area (Å²) in [5.74, 6) is -2.14. The first kappa shape index (κ1) is 16.2. The molecule has 0 aromatic carbocycles. The van der Waals surface area contributed by atoms with E-state index in [9.17, 15) is 18.0 Å². The van der Waals surface area contributed by atoms with Gasteiger partial charge in [-0.2, -0.15) is 13.2 Å². The lowest BCUT2D eigenvalue weighted by atomic mass is 10.1. The number of rotatable bonds is 8. The molecule has 0 bridgehead atoms. The molecule has 0 spiro atoms. The van der Waals surface area contributed by atoms with E-state index in [4.69, 9.17) is 5.73 Å². The maximum absolute atomic E-state index is 11.8. The van der Waals surface area contributed by atoms with Crippen LogP contribution in [0.5, 0.6) is 0 Å². The largest absolute Gasteiger partial charge is 0.490 e. The van der Waals surface area contributed by atoms with Crippen molar-refractivity contribution in [1.82, 2.24) is 0 Å². The fourth-order valence-corrected chi connectivity index (χ4v) is 1.36. The van der Waals surface area contributed by atoms with Crippen LogP contribution in [0.25, 0.3) is 0 Å². The Hall–Kier alpha value is -0.780. The van der Waals surface area contributed by atoms with Crippen molar-refractivity contribution in [2.45, 2.75) is 57.7 Å². The van der Waals surface area contributed by atoms with Gasteiger partial charge in [0.1, 0.15) is 0 Å². The van der Waals surface area contributed by atoms with Crippen molar-refractivity contribution >= 4 is 5.97 Å². The van der Waals surface area contributed by atoms with E-state index in [1.165, 1.54) is 0 Å². The number of esters is 1. The predicted molar refractivity (Wildman–Crippen MR) is 58.4 cm³/mol. The normalized spacial score (nSPS) is 13.5. The second kappa shape index (κ2) is 8.33. The molecule has 0 saturated carbocycles. The summed E-state index contributed by atoms with van der Waals surface area (Å²) >= 11 is 0. The molecule has 0 saturated heterocycles. The van der Waals surface area contributed by atoms with Gasteiger partial charge in [-0.25, -0.2) is 4.79 Å². The van der Waals surface area contributed by atoms with E-state index in [0.29, 0.717) is 0 Å². The average Bonchev–Trinajstić information content (AvgIpc) is 2.23. The van der Waals surface area contributed by atoms with Crippen molar-refractivity contribution in [3.63, 3.8) is 0 Å². The molecule has 3 nitrogen and oxygen atoms in total. The Kier molecular flexibility index (Phi) is 7.95. The number of ether oxygens (including phenoxy) is 1. The fraction of sp³-hybridized carbons (Fsp3) is 0.909. The lowest BCUT2D eigenvalue weighted by molar-refractivity contribution is -0.199. The van der Waals surface area contributed by atoms with Gasteiger partial charge in [0.2, 0.25) is 0 Å². The van der Waals surface area contributed by atoms with Gasteiger partial charge in [0, 0.05) is 6.04 Å². The maximum atomic E-state index is 11.8. The second-order valence-electron chi connectivity index (χ2n) is 4.03. The van der Waals surface area contributed by atoms with Crippen LogP contribution in [0.2, 0.25) is 0 Å². The van der Waals surface area contributed by atoms with Crippen LogP contribution < -0.4 is 5.73 Å². The molecule has 2 N–H and O–H groups in total. The highest BCUT2D eigenvalue weighted by atomic mass is 19.4. The Labute approximate surface area is 99.5 Å². The minimum Gasteiger partial charge on any atom is -0.459 e. The molecule has 0 aliphatic carbocycles. The first-order valence-corrected chi connectivity index (χ1v) is 5.87. The van der Waals surface area contributed by atoms with Crippen LogP contribution in [0.3, 0.4) is 0 Å². The second-order valence-corrected chi connectivity index (χ2v) is 4.03. The quantitative estimate of drug-likeness (QED) is 0.536. The highest BCUT2D eigenvalue weighted by Gasteiger charge is 2.40. The topological polar surface area (TPSA) is 52.3 Å². The van der Waals surface area contributed by atoms with Crippen molar-refractivity contribution < 1.29 is 22.7 Å². The first-order chi connectivity index (χ1) is 7.88.